The summed E-state index contributed by atoms with van der Waals surface area (Å²) in [5, 5.41) is 11.3. The Morgan fingerprint density at radius 1 is 1.18 bits per heavy atom. The molecule has 4 rings (SSSR count). The zero-order valence-electron chi connectivity index (χ0n) is 18.9. The van der Waals surface area contributed by atoms with E-state index >= 15 is 0 Å². The molecule has 1 aliphatic heterocycles. The van der Waals surface area contributed by atoms with Crippen molar-refractivity contribution in [1.29, 1.82) is 0 Å². The first-order valence-corrected chi connectivity index (χ1v) is 11.0. The minimum atomic E-state index is -0.993. The summed E-state index contributed by atoms with van der Waals surface area (Å²) in [5.74, 6) is -2.04. The molecule has 0 radical (unpaired) electrons. The van der Waals surface area contributed by atoms with Gasteiger partial charge in [-0.25, -0.2) is 9.78 Å². The van der Waals surface area contributed by atoms with Gasteiger partial charge < -0.3 is 14.6 Å². The number of anilines is 1. The molecule has 0 aliphatic carbocycles. The average Bonchev–Trinajstić information content (AvgIpc) is 3.35. The lowest BCUT2D eigenvalue weighted by Crippen LogP contribution is -2.29. The van der Waals surface area contributed by atoms with E-state index in [9.17, 15) is 19.5 Å². The van der Waals surface area contributed by atoms with E-state index in [2.05, 4.69) is 9.97 Å². The molecule has 1 amide bonds. The second-order valence-electron chi connectivity index (χ2n) is 7.54. The van der Waals surface area contributed by atoms with Gasteiger partial charge in [0.2, 0.25) is 0 Å². The number of ketones is 1. The summed E-state index contributed by atoms with van der Waals surface area (Å²) in [6.45, 7) is 3.42. The summed E-state index contributed by atoms with van der Waals surface area (Å²) in [6, 6.07) is 7.33. The highest BCUT2D eigenvalue weighted by Crippen LogP contribution is 2.44. The van der Waals surface area contributed by atoms with Crippen LogP contribution in [0.3, 0.4) is 0 Å². The molecule has 2 aromatic heterocycles. The van der Waals surface area contributed by atoms with Crippen LogP contribution in [0.2, 0.25) is 0 Å². The number of esters is 1. The first-order chi connectivity index (χ1) is 16.3. The number of aromatic nitrogens is 2. The van der Waals surface area contributed by atoms with E-state index in [4.69, 9.17) is 9.47 Å². The number of thiazole rings is 1. The first kappa shape index (κ1) is 23.1. The second kappa shape index (κ2) is 9.06. The van der Waals surface area contributed by atoms with Gasteiger partial charge in [-0.05, 0) is 49.2 Å². The van der Waals surface area contributed by atoms with E-state index in [1.165, 1.54) is 25.3 Å². The van der Waals surface area contributed by atoms with Crippen LogP contribution < -0.4 is 9.64 Å². The minimum absolute atomic E-state index is 0.102. The number of aryl methyl sites for hydroxylation is 2. The third-order valence-electron chi connectivity index (χ3n) is 5.48. The molecule has 1 fully saturated rings. The van der Waals surface area contributed by atoms with Gasteiger partial charge in [0.05, 0.1) is 31.5 Å². The maximum atomic E-state index is 13.2. The van der Waals surface area contributed by atoms with E-state index in [1.807, 2.05) is 0 Å². The van der Waals surface area contributed by atoms with E-state index in [-0.39, 0.29) is 21.3 Å². The molecule has 10 heteroatoms. The Bertz CT molecular complexity index is 1330. The minimum Gasteiger partial charge on any atom is -0.507 e. The second-order valence-corrected chi connectivity index (χ2v) is 8.52. The molecule has 1 aliphatic rings. The Balaban J connectivity index is 1.92. The van der Waals surface area contributed by atoms with Crippen LogP contribution in [0.1, 0.15) is 38.1 Å². The van der Waals surface area contributed by atoms with Crippen LogP contribution in [0.4, 0.5) is 5.13 Å². The number of aliphatic hydroxyl groups excluding tert-OH is 1. The Morgan fingerprint density at radius 3 is 2.56 bits per heavy atom. The van der Waals surface area contributed by atoms with Gasteiger partial charge >= 0.3 is 11.9 Å². The number of benzene rings is 1. The Hall–Kier alpha value is -4.05. The summed E-state index contributed by atoms with van der Waals surface area (Å²) in [5.41, 5.74) is 1.87. The highest BCUT2D eigenvalue weighted by atomic mass is 32.1. The number of Topliss-reactive ketones (excluding diaryl/α,β-unsaturated/α-hetero) is 1. The molecule has 3 aromatic rings. The molecular weight excluding hydrogens is 458 g/mol. The molecule has 174 valence electrons. The molecule has 3 heterocycles. The number of pyridine rings is 1. The van der Waals surface area contributed by atoms with E-state index in [1.54, 1.807) is 50.4 Å². The van der Waals surface area contributed by atoms with Crippen LogP contribution in [0.25, 0.3) is 5.76 Å². The van der Waals surface area contributed by atoms with Gasteiger partial charge in [-0.2, -0.15) is 0 Å². The van der Waals surface area contributed by atoms with E-state index in [0.717, 1.165) is 16.9 Å². The predicted molar refractivity (Wildman–Crippen MR) is 125 cm³/mol. The Labute approximate surface area is 199 Å². The number of hydrogen-bond acceptors (Lipinski definition) is 9. The van der Waals surface area contributed by atoms with Crippen molar-refractivity contribution in [2.24, 2.45) is 0 Å². The van der Waals surface area contributed by atoms with E-state index < -0.39 is 23.7 Å². The molecule has 1 unspecified atom stereocenters. The highest BCUT2D eigenvalue weighted by molar-refractivity contribution is 7.17. The van der Waals surface area contributed by atoms with Gasteiger partial charge in [0.15, 0.2) is 5.13 Å². The number of ether oxygens (including phenoxy) is 2. The summed E-state index contributed by atoms with van der Waals surface area (Å²) in [6.07, 6.45) is 3.07. The van der Waals surface area contributed by atoms with Crippen molar-refractivity contribution in [2.45, 2.75) is 19.9 Å². The van der Waals surface area contributed by atoms with Crippen molar-refractivity contribution in [3.63, 3.8) is 0 Å². The molecule has 1 saturated heterocycles. The van der Waals surface area contributed by atoms with Gasteiger partial charge in [-0.3, -0.25) is 19.5 Å². The van der Waals surface area contributed by atoms with Crippen molar-refractivity contribution >= 4 is 39.9 Å². The lowest BCUT2D eigenvalue weighted by Gasteiger charge is -2.22. The highest BCUT2D eigenvalue weighted by Gasteiger charge is 2.48. The third kappa shape index (κ3) is 3.81. The standard InChI is InChI=1S/C24H21N3O6S/c1-12-10-14(7-8-16(12)32-3)19(28)17-18(15-6-5-9-25-11-15)27(22(30)20(17)29)24-26-13(2)21(34-24)23(31)33-4/h5-11,18,28H,1-4H3/b19-17-. The number of carbonyl (C=O) groups is 3. The normalized spacial score (nSPS) is 17.2. The zero-order valence-corrected chi connectivity index (χ0v) is 19.7. The molecule has 1 N–H and O–H groups in total. The molecule has 9 nitrogen and oxygen atoms in total. The quantitative estimate of drug-likeness (QED) is 0.255. The van der Waals surface area contributed by atoms with Gasteiger partial charge in [0.1, 0.15) is 16.4 Å². The van der Waals surface area contributed by atoms with Crippen LogP contribution in [0.5, 0.6) is 5.75 Å². The first-order valence-electron chi connectivity index (χ1n) is 10.2. The number of amides is 1. The van der Waals surface area contributed by atoms with Gasteiger partial charge in [0.25, 0.3) is 5.78 Å². The van der Waals surface area contributed by atoms with Crippen molar-refractivity contribution in [3.8, 4) is 5.75 Å². The van der Waals surface area contributed by atoms with Crippen LogP contribution in [0.15, 0.2) is 48.3 Å². The number of aliphatic hydroxyl groups is 1. The fraction of sp³-hybridized carbons (Fsp3) is 0.208. The number of nitrogens with zero attached hydrogens (tertiary/aromatic N) is 3. The maximum Gasteiger partial charge on any atom is 0.350 e. The number of carbonyl (C=O) groups excluding carboxylic acids is 3. The molecule has 34 heavy (non-hydrogen) atoms. The lowest BCUT2D eigenvalue weighted by molar-refractivity contribution is -0.132. The topological polar surface area (TPSA) is 119 Å². The molecule has 0 saturated carbocycles. The SMILES string of the molecule is COC(=O)c1sc(N2C(=O)C(=O)/C(=C(\O)c3ccc(OC)c(C)c3)C2c2cccnc2)nc1C. The Morgan fingerprint density at radius 2 is 1.94 bits per heavy atom. The average molecular weight is 480 g/mol. The van der Waals surface area contributed by atoms with Gasteiger partial charge in [-0.1, -0.05) is 17.4 Å². The maximum absolute atomic E-state index is 13.2. The van der Waals surface area contributed by atoms with Crippen LogP contribution in [-0.4, -0.2) is 47.0 Å². The van der Waals surface area contributed by atoms with Crippen LogP contribution in [-0.2, 0) is 14.3 Å². The fourth-order valence-corrected chi connectivity index (χ4v) is 4.84. The van der Waals surface area contributed by atoms with Crippen molar-refractivity contribution in [1.82, 2.24) is 9.97 Å². The smallest absolute Gasteiger partial charge is 0.350 e. The monoisotopic (exact) mass is 479 g/mol. The van der Waals surface area contributed by atoms with Crippen molar-refractivity contribution < 1.29 is 29.0 Å². The molecule has 1 atom stereocenters. The Kier molecular flexibility index (Phi) is 6.16. The number of rotatable bonds is 5. The van der Waals surface area contributed by atoms with E-state index in [0.29, 0.717) is 22.6 Å². The predicted octanol–water partition coefficient (Wildman–Crippen LogP) is 3.58. The van der Waals surface area contributed by atoms with Crippen LogP contribution >= 0.6 is 11.3 Å². The molecular formula is C24H21N3O6S. The molecule has 1 aromatic carbocycles. The summed E-state index contributed by atoms with van der Waals surface area (Å²) >= 11 is 0.937. The van der Waals surface area contributed by atoms with Crippen LogP contribution in [0, 0.1) is 13.8 Å². The largest absolute Gasteiger partial charge is 0.507 e. The molecule has 0 bridgehead atoms. The summed E-state index contributed by atoms with van der Waals surface area (Å²) in [4.78, 5) is 48.4. The van der Waals surface area contributed by atoms with Gasteiger partial charge in [-0.15, -0.1) is 0 Å². The summed E-state index contributed by atoms with van der Waals surface area (Å²) in [7, 11) is 2.79. The third-order valence-corrected chi connectivity index (χ3v) is 6.61. The van der Waals surface area contributed by atoms with Crippen molar-refractivity contribution in [3.05, 3.63) is 75.6 Å². The number of methoxy groups -OCH3 is 2. The summed E-state index contributed by atoms with van der Waals surface area (Å²) < 4.78 is 10.1. The molecule has 0 spiro atoms. The fourth-order valence-electron chi connectivity index (χ4n) is 3.83. The number of hydrogen-bond donors (Lipinski definition) is 1. The lowest BCUT2D eigenvalue weighted by atomic mass is 9.96. The zero-order chi connectivity index (χ0) is 24.6. The van der Waals surface area contributed by atoms with Crippen molar-refractivity contribution in [2.75, 3.05) is 19.1 Å². The van der Waals surface area contributed by atoms with Gasteiger partial charge in [0, 0.05) is 18.0 Å².